The molecule has 0 aromatic heterocycles. The van der Waals surface area contributed by atoms with E-state index < -0.39 is 0 Å². The highest BCUT2D eigenvalue weighted by molar-refractivity contribution is 5.70. The standard InChI is InChI=1S/C17H18FN/c1-11-3-7-16(18)15(9-11)13-6-8-17-14(10-13)5-4-12(2)19-17/h3,6-10,12,19H,4-5H2,1-2H3. The van der Waals surface area contributed by atoms with Crippen LogP contribution in [0.3, 0.4) is 0 Å². The van der Waals surface area contributed by atoms with Gasteiger partial charge in [0, 0.05) is 17.3 Å². The molecule has 19 heavy (non-hydrogen) atoms. The van der Waals surface area contributed by atoms with Crippen LogP contribution < -0.4 is 5.32 Å². The van der Waals surface area contributed by atoms with E-state index in [1.165, 1.54) is 11.3 Å². The maximum absolute atomic E-state index is 13.9. The van der Waals surface area contributed by atoms with Crippen LogP contribution in [-0.2, 0) is 6.42 Å². The van der Waals surface area contributed by atoms with Gasteiger partial charge in [-0.25, -0.2) is 4.39 Å². The van der Waals surface area contributed by atoms with E-state index in [-0.39, 0.29) is 5.82 Å². The third kappa shape index (κ3) is 2.35. The number of hydrogen-bond donors (Lipinski definition) is 1. The summed E-state index contributed by atoms with van der Waals surface area (Å²) in [6, 6.07) is 12.0. The minimum absolute atomic E-state index is 0.150. The molecule has 1 nitrogen and oxygen atoms in total. The molecule has 0 radical (unpaired) electrons. The lowest BCUT2D eigenvalue weighted by molar-refractivity contribution is 0.631. The predicted octanol–water partition coefficient (Wildman–Crippen LogP) is 4.55. The Morgan fingerprint density at radius 1 is 1.16 bits per heavy atom. The van der Waals surface area contributed by atoms with Crippen LogP contribution in [0.4, 0.5) is 10.1 Å². The number of halogens is 1. The van der Waals surface area contributed by atoms with Crippen LogP contribution in [0, 0.1) is 12.7 Å². The van der Waals surface area contributed by atoms with Crippen molar-refractivity contribution < 1.29 is 4.39 Å². The van der Waals surface area contributed by atoms with E-state index in [0.717, 1.165) is 24.0 Å². The summed E-state index contributed by atoms with van der Waals surface area (Å²) < 4.78 is 13.9. The van der Waals surface area contributed by atoms with Crippen molar-refractivity contribution in [1.29, 1.82) is 0 Å². The Morgan fingerprint density at radius 2 is 2.00 bits per heavy atom. The van der Waals surface area contributed by atoms with E-state index in [9.17, 15) is 4.39 Å². The van der Waals surface area contributed by atoms with Crippen LogP contribution in [0.15, 0.2) is 36.4 Å². The molecule has 98 valence electrons. The SMILES string of the molecule is Cc1ccc(F)c(-c2ccc3c(c2)CCC(C)N3)c1. The highest BCUT2D eigenvalue weighted by Gasteiger charge is 2.15. The van der Waals surface area contributed by atoms with Crippen molar-refractivity contribution in [2.75, 3.05) is 5.32 Å². The van der Waals surface area contributed by atoms with Gasteiger partial charge in [-0.15, -0.1) is 0 Å². The normalized spacial score (nSPS) is 17.7. The third-order valence-electron chi connectivity index (χ3n) is 3.79. The maximum atomic E-state index is 13.9. The van der Waals surface area contributed by atoms with Crippen molar-refractivity contribution in [1.82, 2.24) is 0 Å². The molecule has 1 heterocycles. The molecule has 1 N–H and O–H groups in total. The summed E-state index contributed by atoms with van der Waals surface area (Å²) >= 11 is 0. The number of anilines is 1. The first-order valence-electron chi connectivity index (χ1n) is 6.79. The minimum atomic E-state index is -0.150. The van der Waals surface area contributed by atoms with Gasteiger partial charge in [-0.05, 0) is 62.1 Å². The van der Waals surface area contributed by atoms with Crippen LogP contribution in [0.1, 0.15) is 24.5 Å². The van der Waals surface area contributed by atoms with Crippen LogP contribution in [0.2, 0.25) is 0 Å². The summed E-state index contributed by atoms with van der Waals surface area (Å²) in [5, 5.41) is 3.47. The lowest BCUT2D eigenvalue weighted by Crippen LogP contribution is -2.21. The summed E-state index contributed by atoms with van der Waals surface area (Å²) in [5.74, 6) is -0.150. The summed E-state index contributed by atoms with van der Waals surface area (Å²) in [7, 11) is 0. The number of hydrogen-bond acceptors (Lipinski definition) is 1. The van der Waals surface area contributed by atoms with Gasteiger partial charge in [0.25, 0.3) is 0 Å². The molecule has 0 fully saturated rings. The smallest absolute Gasteiger partial charge is 0.131 e. The van der Waals surface area contributed by atoms with Gasteiger partial charge in [-0.3, -0.25) is 0 Å². The molecule has 0 spiro atoms. The maximum Gasteiger partial charge on any atom is 0.131 e. The van der Waals surface area contributed by atoms with Gasteiger partial charge >= 0.3 is 0 Å². The molecule has 1 aliphatic heterocycles. The Hall–Kier alpha value is -1.83. The van der Waals surface area contributed by atoms with Crippen LogP contribution in [0.5, 0.6) is 0 Å². The third-order valence-corrected chi connectivity index (χ3v) is 3.79. The fourth-order valence-electron chi connectivity index (χ4n) is 2.68. The lowest BCUT2D eigenvalue weighted by Gasteiger charge is -2.24. The Morgan fingerprint density at radius 3 is 2.84 bits per heavy atom. The van der Waals surface area contributed by atoms with Crippen LogP contribution in [-0.4, -0.2) is 6.04 Å². The van der Waals surface area contributed by atoms with Crippen molar-refractivity contribution in [3.63, 3.8) is 0 Å². The Kier molecular flexibility index (Phi) is 3.02. The molecule has 0 saturated heterocycles. The van der Waals surface area contributed by atoms with E-state index >= 15 is 0 Å². The highest BCUT2D eigenvalue weighted by Crippen LogP contribution is 2.31. The molecular formula is C17H18FN. The van der Waals surface area contributed by atoms with Gasteiger partial charge in [0.1, 0.15) is 5.82 Å². The second-order valence-electron chi connectivity index (χ2n) is 5.44. The summed E-state index contributed by atoms with van der Waals surface area (Å²) in [4.78, 5) is 0. The van der Waals surface area contributed by atoms with Crippen molar-refractivity contribution in [3.8, 4) is 11.1 Å². The number of rotatable bonds is 1. The summed E-state index contributed by atoms with van der Waals surface area (Å²) in [6.45, 7) is 4.18. The van der Waals surface area contributed by atoms with E-state index in [2.05, 4.69) is 24.4 Å². The van der Waals surface area contributed by atoms with Crippen molar-refractivity contribution in [2.24, 2.45) is 0 Å². The molecular weight excluding hydrogens is 237 g/mol. The minimum Gasteiger partial charge on any atom is -0.382 e. The molecule has 0 aliphatic carbocycles. The highest BCUT2D eigenvalue weighted by atomic mass is 19.1. The van der Waals surface area contributed by atoms with Crippen molar-refractivity contribution in [3.05, 3.63) is 53.3 Å². The van der Waals surface area contributed by atoms with Gasteiger partial charge in [-0.2, -0.15) is 0 Å². The van der Waals surface area contributed by atoms with Gasteiger partial charge < -0.3 is 5.32 Å². The van der Waals surface area contributed by atoms with Crippen LogP contribution >= 0.6 is 0 Å². The van der Waals surface area contributed by atoms with Crippen molar-refractivity contribution in [2.45, 2.75) is 32.7 Å². The zero-order valence-corrected chi connectivity index (χ0v) is 11.3. The van der Waals surface area contributed by atoms with E-state index in [1.54, 1.807) is 12.1 Å². The molecule has 2 heteroatoms. The Balaban J connectivity index is 2.05. The molecule has 1 atom stereocenters. The van der Waals surface area contributed by atoms with Crippen molar-refractivity contribution >= 4 is 5.69 Å². The molecule has 2 aromatic rings. The van der Waals surface area contributed by atoms with Gasteiger partial charge in [0.15, 0.2) is 0 Å². The van der Waals surface area contributed by atoms with Gasteiger partial charge in [0.2, 0.25) is 0 Å². The number of benzene rings is 2. The zero-order valence-electron chi connectivity index (χ0n) is 11.3. The number of aryl methyl sites for hydroxylation is 2. The van der Waals surface area contributed by atoms with E-state index in [1.807, 2.05) is 19.1 Å². The topological polar surface area (TPSA) is 12.0 Å². The summed E-state index contributed by atoms with van der Waals surface area (Å²) in [6.07, 6.45) is 2.19. The molecule has 3 rings (SSSR count). The Labute approximate surface area is 113 Å². The molecule has 0 saturated carbocycles. The average Bonchev–Trinajstić information content (AvgIpc) is 2.41. The molecule has 1 unspecified atom stereocenters. The predicted molar refractivity (Wildman–Crippen MR) is 78.0 cm³/mol. The molecule has 0 amide bonds. The summed E-state index contributed by atoms with van der Waals surface area (Å²) in [5.41, 5.74) is 5.23. The van der Waals surface area contributed by atoms with E-state index in [0.29, 0.717) is 11.6 Å². The second-order valence-corrected chi connectivity index (χ2v) is 5.44. The zero-order chi connectivity index (χ0) is 13.4. The largest absolute Gasteiger partial charge is 0.382 e. The average molecular weight is 255 g/mol. The van der Waals surface area contributed by atoms with Gasteiger partial charge in [0.05, 0.1) is 0 Å². The lowest BCUT2D eigenvalue weighted by atomic mass is 9.94. The second kappa shape index (κ2) is 4.69. The van der Waals surface area contributed by atoms with E-state index in [4.69, 9.17) is 0 Å². The van der Waals surface area contributed by atoms with Gasteiger partial charge in [-0.1, -0.05) is 17.7 Å². The Bertz CT molecular complexity index is 619. The van der Waals surface area contributed by atoms with Crippen LogP contribution in [0.25, 0.3) is 11.1 Å². The number of fused-ring (bicyclic) bond motifs is 1. The monoisotopic (exact) mass is 255 g/mol. The number of nitrogens with one attached hydrogen (secondary N) is 1. The fraction of sp³-hybridized carbons (Fsp3) is 0.294. The quantitative estimate of drug-likeness (QED) is 0.788. The fourth-order valence-corrected chi connectivity index (χ4v) is 2.68. The first-order chi connectivity index (χ1) is 9.13. The first kappa shape index (κ1) is 12.2. The molecule has 1 aliphatic rings. The molecule has 2 aromatic carbocycles. The molecule has 0 bridgehead atoms. The first-order valence-corrected chi connectivity index (χ1v) is 6.79.